The van der Waals surface area contributed by atoms with Crippen LogP contribution in [0, 0.1) is 5.92 Å². The Bertz CT molecular complexity index is 990. The molecule has 3 amide bonds. The highest BCUT2D eigenvalue weighted by molar-refractivity contribution is 6.04. The molecule has 2 fully saturated rings. The molecule has 3 aliphatic rings. The number of likely N-dealkylation sites (tertiary alicyclic amines) is 1. The van der Waals surface area contributed by atoms with E-state index in [0.717, 1.165) is 24.1 Å². The molecule has 2 N–H and O–H groups in total. The topological polar surface area (TPSA) is 82.1 Å². The Balaban J connectivity index is 1.46. The van der Waals surface area contributed by atoms with Gasteiger partial charge in [0.2, 0.25) is 5.91 Å². The number of benzene rings is 2. The Morgan fingerprint density at radius 2 is 1.87 bits per heavy atom. The van der Waals surface area contributed by atoms with Crippen LogP contribution in [-0.2, 0) is 4.79 Å². The van der Waals surface area contributed by atoms with Gasteiger partial charge in [-0.25, -0.2) is 4.79 Å². The lowest BCUT2D eigenvalue weighted by Crippen LogP contribution is -2.71. The van der Waals surface area contributed by atoms with Crippen molar-refractivity contribution in [3.05, 3.63) is 54.1 Å². The fourth-order valence-corrected chi connectivity index (χ4v) is 4.86. The number of methoxy groups -OCH3 is 1. The predicted molar refractivity (Wildman–Crippen MR) is 113 cm³/mol. The molecule has 5 rings (SSSR count). The van der Waals surface area contributed by atoms with Gasteiger partial charge in [-0.2, -0.15) is 0 Å². The molecule has 7 nitrogen and oxygen atoms in total. The Kier molecular flexibility index (Phi) is 4.62. The molecule has 3 atom stereocenters. The molecule has 0 unspecified atom stereocenters. The van der Waals surface area contributed by atoms with E-state index in [1.54, 1.807) is 24.1 Å². The van der Waals surface area contributed by atoms with Crippen LogP contribution in [0.25, 0.3) is 0 Å². The first kappa shape index (κ1) is 18.9. The zero-order chi connectivity index (χ0) is 20.8. The quantitative estimate of drug-likeness (QED) is 0.817. The van der Waals surface area contributed by atoms with Gasteiger partial charge in [-0.1, -0.05) is 30.3 Å². The molecule has 0 spiro atoms. The fraction of sp³-hybridized carbons (Fsp3) is 0.391. The third-order valence-electron chi connectivity index (χ3n) is 6.46. The minimum atomic E-state index is -0.267. The summed E-state index contributed by atoms with van der Waals surface area (Å²) in [5.74, 6) is 0.820. The molecule has 0 bridgehead atoms. The zero-order valence-corrected chi connectivity index (χ0v) is 16.8. The smallest absolute Gasteiger partial charge is 0.326 e. The molecule has 0 radical (unpaired) electrons. The first-order valence-electron chi connectivity index (χ1n) is 10.4. The van der Waals surface area contributed by atoms with Crippen LogP contribution < -0.4 is 15.0 Å². The maximum Gasteiger partial charge on any atom is 0.326 e. The third kappa shape index (κ3) is 2.92. The van der Waals surface area contributed by atoms with Gasteiger partial charge in [0.15, 0.2) is 0 Å². The number of anilines is 2. The van der Waals surface area contributed by atoms with E-state index in [4.69, 9.17) is 4.74 Å². The van der Waals surface area contributed by atoms with E-state index < -0.39 is 0 Å². The summed E-state index contributed by atoms with van der Waals surface area (Å²) >= 11 is 0. The summed E-state index contributed by atoms with van der Waals surface area (Å²) in [7, 11) is 1.57. The molecule has 2 aliphatic heterocycles. The number of fused-ring (bicyclic) bond motifs is 3. The molecule has 30 heavy (non-hydrogen) atoms. The molecule has 1 aliphatic carbocycles. The van der Waals surface area contributed by atoms with Crippen LogP contribution in [0.2, 0.25) is 0 Å². The van der Waals surface area contributed by atoms with E-state index in [9.17, 15) is 14.7 Å². The van der Waals surface area contributed by atoms with Crippen LogP contribution in [0.4, 0.5) is 16.2 Å². The SMILES string of the molecule is COc1ccccc1NC(=O)N1C[C@@H]2[C@H](c3ccccc31)[C@H](CO)N2C(=O)C1CC1. The summed E-state index contributed by atoms with van der Waals surface area (Å²) in [4.78, 5) is 29.6. The number of rotatable bonds is 4. The second-order valence-corrected chi connectivity index (χ2v) is 8.16. The number of carbonyl (C=O) groups is 2. The molecule has 7 heteroatoms. The lowest BCUT2D eigenvalue weighted by Gasteiger charge is -2.59. The Morgan fingerprint density at radius 1 is 1.13 bits per heavy atom. The van der Waals surface area contributed by atoms with E-state index in [1.165, 1.54) is 0 Å². The highest BCUT2D eigenvalue weighted by Crippen LogP contribution is 2.50. The Labute approximate surface area is 175 Å². The molecular weight excluding hydrogens is 382 g/mol. The van der Waals surface area contributed by atoms with Crippen LogP contribution >= 0.6 is 0 Å². The third-order valence-corrected chi connectivity index (χ3v) is 6.46. The Morgan fingerprint density at radius 3 is 2.60 bits per heavy atom. The van der Waals surface area contributed by atoms with Gasteiger partial charge < -0.3 is 20.1 Å². The van der Waals surface area contributed by atoms with Gasteiger partial charge in [0, 0.05) is 24.1 Å². The van der Waals surface area contributed by atoms with E-state index in [-0.39, 0.29) is 42.5 Å². The van der Waals surface area contributed by atoms with Crippen molar-refractivity contribution in [3.8, 4) is 5.75 Å². The maximum absolute atomic E-state index is 13.3. The van der Waals surface area contributed by atoms with Crippen molar-refractivity contribution in [3.63, 3.8) is 0 Å². The number of hydrogen-bond donors (Lipinski definition) is 2. The second kappa shape index (κ2) is 7.32. The van der Waals surface area contributed by atoms with E-state index in [0.29, 0.717) is 18.0 Å². The monoisotopic (exact) mass is 407 g/mol. The molecule has 1 saturated carbocycles. The predicted octanol–water partition coefficient (Wildman–Crippen LogP) is 2.81. The van der Waals surface area contributed by atoms with Crippen LogP contribution in [0.3, 0.4) is 0 Å². The van der Waals surface area contributed by atoms with Gasteiger partial charge in [0.25, 0.3) is 0 Å². The fourth-order valence-electron chi connectivity index (χ4n) is 4.86. The maximum atomic E-state index is 13.3. The number of aliphatic hydroxyl groups is 1. The number of para-hydroxylation sites is 3. The van der Waals surface area contributed by atoms with Gasteiger partial charge >= 0.3 is 6.03 Å². The minimum Gasteiger partial charge on any atom is -0.495 e. The summed E-state index contributed by atoms with van der Waals surface area (Å²) in [6.07, 6.45) is 1.83. The number of ether oxygens (including phenoxy) is 1. The minimum absolute atomic E-state index is 0.0456. The van der Waals surface area contributed by atoms with Crippen molar-refractivity contribution in [2.24, 2.45) is 5.92 Å². The van der Waals surface area contributed by atoms with Gasteiger partial charge in [0.1, 0.15) is 5.75 Å². The molecule has 2 aromatic carbocycles. The van der Waals surface area contributed by atoms with E-state index >= 15 is 0 Å². The lowest BCUT2D eigenvalue weighted by molar-refractivity contribution is -0.151. The van der Waals surface area contributed by atoms with Crippen LogP contribution in [0.15, 0.2) is 48.5 Å². The molecule has 1 saturated heterocycles. The Hall–Kier alpha value is -3.06. The largest absolute Gasteiger partial charge is 0.495 e. The number of amides is 3. The molecular formula is C23H25N3O4. The summed E-state index contributed by atoms with van der Waals surface area (Å²) < 4.78 is 5.35. The average Bonchev–Trinajstić information content (AvgIpc) is 3.60. The highest BCUT2D eigenvalue weighted by atomic mass is 16.5. The van der Waals surface area contributed by atoms with E-state index in [1.807, 2.05) is 41.3 Å². The van der Waals surface area contributed by atoms with Crippen molar-refractivity contribution in [1.82, 2.24) is 4.90 Å². The van der Waals surface area contributed by atoms with Gasteiger partial charge in [-0.15, -0.1) is 0 Å². The summed E-state index contributed by atoms with van der Waals surface area (Å²) in [5.41, 5.74) is 2.42. The van der Waals surface area contributed by atoms with Crippen LogP contribution in [0.1, 0.15) is 24.3 Å². The van der Waals surface area contributed by atoms with Crippen molar-refractivity contribution in [1.29, 1.82) is 0 Å². The normalized spacial score (nSPS) is 24.4. The van der Waals surface area contributed by atoms with Gasteiger partial charge in [-0.3, -0.25) is 9.69 Å². The molecule has 0 aromatic heterocycles. The molecule has 2 heterocycles. The first-order chi connectivity index (χ1) is 14.6. The number of hydrogen-bond acceptors (Lipinski definition) is 4. The van der Waals surface area contributed by atoms with Crippen LogP contribution in [0.5, 0.6) is 5.75 Å². The highest BCUT2D eigenvalue weighted by Gasteiger charge is 2.57. The van der Waals surface area contributed by atoms with Crippen molar-refractivity contribution >= 4 is 23.3 Å². The van der Waals surface area contributed by atoms with Gasteiger partial charge in [0.05, 0.1) is 31.5 Å². The number of aliphatic hydroxyl groups excluding tert-OH is 1. The number of urea groups is 1. The standard InChI is InChI=1S/C23H25N3O4/c1-30-20-9-5-3-7-16(20)24-23(29)25-12-18-21(15-6-2-4-8-17(15)25)19(13-27)26(18)22(28)14-10-11-14/h2-9,14,18-19,21,27H,10-13H2,1H3,(H,24,29)/t18-,19+,21+/m1/s1. The van der Waals surface area contributed by atoms with Crippen LogP contribution in [-0.4, -0.2) is 54.3 Å². The summed E-state index contributed by atoms with van der Waals surface area (Å²) in [6, 6.07) is 14.4. The van der Waals surface area contributed by atoms with Gasteiger partial charge in [-0.05, 0) is 36.6 Å². The first-order valence-corrected chi connectivity index (χ1v) is 10.4. The van der Waals surface area contributed by atoms with Crippen molar-refractivity contribution < 1.29 is 19.4 Å². The number of carbonyl (C=O) groups excluding carboxylic acids is 2. The zero-order valence-electron chi connectivity index (χ0n) is 16.8. The van der Waals surface area contributed by atoms with Crippen molar-refractivity contribution in [2.45, 2.75) is 30.8 Å². The number of nitrogens with one attached hydrogen (secondary N) is 1. The molecule has 156 valence electrons. The number of nitrogens with zero attached hydrogens (tertiary/aromatic N) is 2. The average molecular weight is 407 g/mol. The summed E-state index contributed by atoms with van der Waals surface area (Å²) in [6.45, 7) is 0.332. The van der Waals surface area contributed by atoms with E-state index in [2.05, 4.69) is 5.32 Å². The second-order valence-electron chi connectivity index (χ2n) is 8.16. The summed E-state index contributed by atoms with van der Waals surface area (Å²) in [5, 5.41) is 12.9. The van der Waals surface area contributed by atoms with Crippen molar-refractivity contribution in [2.75, 3.05) is 30.5 Å². The lowest BCUT2D eigenvalue weighted by atomic mass is 9.71. The molecule has 2 aromatic rings.